The van der Waals surface area contributed by atoms with E-state index in [0.29, 0.717) is 11.7 Å². The summed E-state index contributed by atoms with van der Waals surface area (Å²) in [5.41, 5.74) is 4.99. The molecule has 8 heteroatoms. The van der Waals surface area contributed by atoms with Gasteiger partial charge in [0.1, 0.15) is 11.6 Å². The molecule has 132 valence electrons. The molecule has 1 amide bonds. The summed E-state index contributed by atoms with van der Waals surface area (Å²) in [6.45, 7) is 0.407. The Balaban J connectivity index is 1.55. The van der Waals surface area contributed by atoms with E-state index in [4.69, 9.17) is 17.0 Å². The second-order valence-electron chi connectivity index (χ2n) is 4.84. The van der Waals surface area contributed by atoms with E-state index in [2.05, 4.69) is 16.2 Å². The third kappa shape index (κ3) is 7.86. The molecule has 2 aromatic rings. The zero-order valence-electron chi connectivity index (χ0n) is 13.3. The van der Waals surface area contributed by atoms with E-state index in [0.717, 1.165) is 5.75 Å². The molecule has 2 aromatic carbocycles. The molecule has 0 atom stereocenters. The van der Waals surface area contributed by atoms with Gasteiger partial charge in [-0.2, -0.15) is 0 Å². The summed E-state index contributed by atoms with van der Waals surface area (Å²) in [5.74, 6) is 0.276. The van der Waals surface area contributed by atoms with E-state index in [1.54, 1.807) is 17.8 Å². The first-order valence-corrected chi connectivity index (χ1v) is 8.92. The smallest absolute Gasteiger partial charge is 0.276 e. The minimum absolute atomic E-state index is 0.247. The van der Waals surface area contributed by atoms with Crippen molar-refractivity contribution in [2.45, 2.75) is 4.90 Å². The number of hydrogen-bond acceptors (Lipinski definition) is 4. The summed E-state index contributed by atoms with van der Waals surface area (Å²) in [6.07, 6.45) is 0. The zero-order chi connectivity index (χ0) is 17.9. The Morgan fingerprint density at radius 3 is 2.68 bits per heavy atom. The van der Waals surface area contributed by atoms with Crippen molar-refractivity contribution in [3.63, 3.8) is 0 Å². The molecule has 0 aliphatic carbocycles. The number of hydrazine groups is 1. The highest BCUT2D eigenvalue weighted by Crippen LogP contribution is 2.15. The lowest BCUT2D eigenvalue weighted by atomic mass is 10.3. The van der Waals surface area contributed by atoms with Crippen molar-refractivity contribution in [3.05, 3.63) is 60.4 Å². The van der Waals surface area contributed by atoms with Gasteiger partial charge in [0.05, 0.1) is 0 Å². The average Bonchev–Trinajstić information content (AvgIpc) is 2.63. The largest absolute Gasteiger partial charge is 0.484 e. The number of hydrogen-bond donors (Lipinski definition) is 3. The van der Waals surface area contributed by atoms with Gasteiger partial charge in [-0.25, -0.2) is 4.39 Å². The number of thiocarbonyl (C=S) groups is 1. The summed E-state index contributed by atoms with van der Waals surface area (Å²) in [5, 5.41) is 3.30. The predicted octanol–water partition coefficient (Wildman–Crippen LogP) is 2.49. The van der Waals surface area contributed by atoms with Crippen LogP contribution in [-0.2, 0) is 4.79 Å². The number of carbonyl (C=O) groups excluding carboxylic acids is 1. The van der Waals surface area contributed by atoms with Gasteiger partial charge in [0.2, 0.25) is 0 Å². The van der Waals surface area contributed by atoms with Crippen LogP contribution >= 0.6 is 24.0 Å². The van der Waals surface area contributed by atoms with Gasteiger partial charge >= 0.3 is 0 Å². The molecule has 0 spiro atoms. The highest BCUT2D eigenvalue weighted by atomic mass is 32.2. The summed E-state index contributed by atoms with van der Waals surface area (Å²) in [6, 6.07) is 15.6. The lowest BCUT2D eigenvalue weighted by molar-refractivity contribution is -0.123. The minimum Gasteiger partial charge on any atom is -0.484 e. The maximum absolute atomic E-state index is 13.0. The first kappa shape index (κ1) is 19.0. The topological polar surface area (TPSA) is 62.4 Å². The van der Waals surface area contributed by atoms with Crippen LogP contribution in [0.2, 0.25) is 0 Å². The molecule has 0 saturated heterocycles. The summed E-state index contributed by atoms with van der Waals surface area (Å²) >= 11 is 6.77. The Kier molecular flexibility index (Phi) is 8.00. The molecule has 0 bridgehead atoms. The maximum Gasteiger partial charge on any atom is 0.276 e. The van der Waals surface area contributed by atoms with Crippen molar-refractivity contribution in [3.8, 4) is 5.75 Å². The van der Waals surface area contributed by atoms with Gasteiger partial charge in [-0.05, 0) is 36.5 Å². The first-order chi connectivity index (χ1) is 12.1. The van der Waals surface area contributed by atoms with Crippen molar-refractivity contribution < 1.29 is 13.9 Å². The number of thioether (sulfide) groups is 1. The van der Waals surface area contributed by atoms with Crippen LogP contribution < -0.4 is 20.9 Å². The fourth-order valence-electron chi connectivity index (χ4n) is 1.76. The molecule has 0 aromatic heterocycles. The number of benzene rings is 2. The molecule has 0 fully saturated rings. The van der Waals surface area contributed by atoms with Crippen molar-refractivity contribution in [1.29, 1.82) is 0 Å². The number of carbonyl (C=O) groups is 1. The highest BCUT2D eigenvalue weighted by molar-refractivity contribution is 7.99. The van der Waals surface area contributed by atoms with Crippen LogP contribution in [0.15, 0.2) is 59.5 Å². The van der Waals surface area contributed by atoms with E-state index >= 15 is 0 Å². The Morgan fingerprint density at radius 1 is 1.12 bits per heavy atom. The van der Waals surface area contributed by atoms with E-state index in [-0.39, 0.29) is 12.4 Å². The van der Waals surface area contributed by atoms with Gasteiger partial charge in [0.25, 0.3) is 5.91 Å². The second-order valence-corrected chi connectivity index (χ2v) is 6.41. The van der Waals surface area contributed by atoms with Gasteiger partial charge in [0.15, 0.2) is 11.7 Å². The number of rotatable bonds is 7. The number of amides is 1. The Labute approximate surface area is 155 Å². The van der Waals surface area contributed by atoms with Crippen LogP contribution in [-0.4, -0.2) is 29.9 Å². The predicted molar refractivity (Wildman–Crippen MR) is 101 cm³/mol. The minimum atomic E-state index is -0.424. The molecule has 0 saturated carbocycles. The molecule has 5 nitrogen and oxygen atoms in total. The van der Waals surface area contributed by atoms with Crippen molar-refractivity contribution in [1.82, 2.24) is 16.2 Å². The Hall–Kier alpha value is -2.32. The number of halogens is 1. The Morgan fingerprint density at radius 2 is 1.92 bits per heavy atom. The fraction of sp³-hybridized carbons (Fsp3) is 0.176. The van der Waals surface area contributed by atoms with Gasteiger partial charge < -0.3 is 10.1 Å². The van der Waals surface area contributed by atoms with Gasteiger partial charge in [-0.15, -0.1) is 11.8 Å². The van der Waals surface area contributed by atoms with Crippen molar-refractivity contribution in [2.75, 3.05) is 18.9 Å². The Bertz CT molecular complexity index is 701. The molecule has 0 unspecified atom stereocenters. The molecular formula is C17H18FN3O2S2. The monoisotopic (exact) mass is 379 g/mol. The lowest BCUT2D eigenvalue weighted by Gasteiger charge is -2.12. The SMILES string of the molecule is O=C(COc1cccc(F)c1)NNC(=S)NCCSc1ccccc1. The zero-order valence-corrected chi connectivity index (χ0v) is 15.0. The molecule has 25 heavy (non-hydrogen) atoms. The van der Waals surface area contributed by atoms with E-state index in [1.807, 2.05) is 30.3 Å². The van der Waals surface area contributed by atoms with Gasteiger partial charge in [-0.3, -0.25) is 15.6 Å². The van der Waals surface area contributed by atoms with E-state index in [9.17, 15) is 9.18 Å². The van der Waals surface area contributed by atoms with E-state index in [1.165, 1.54) is 23.1 Å². The molecule has 0 heterocycles. The first-order valence-electron chi connectivity index (χ1n) is 7.52. The summed E-state index contributed by atoms with van der Waals surface area (Å²) in [4.78, 5) is 12.8. The van der Waals surface area contributed by atoms with Crippen LogP contribution in [0.25, 0.3) is 0 Å². The van der Waals surface area contributed by atoms with Crippen LogP contribution in [0.1, 0.15) is 0 Å². The fourth-order valence-corrected chi connectivity index (χ4v) is 2.71. The molecule has 0 aliphatic rings. The second kappa shape index (κ2) is 10.5. The summed E-state index contributed by atoms with van der Waals surface area (Å²) < 4.78 is 18.2. The third-order valence-corrected chi connectivity index (χ3v) is 4.14. The van der Waals surface area contributed by atoms with Crippen LogP contribution in [0, 0.1) is 5.82 Å². The molecule has 0 aliphatic heterocycles. The standard InChI is InChI=1S/C17H18FN3O2S2/c18-13-5-4-6-14(11-13)23-12-16(22)20-21-17(24)19-9-10-25-15-7-2-1-3-8-15/h1-8,11H,9-10,12H2,(H,20,22)(H2,19,21,24). The van der Waals surface area contributed by atoms with Crippen LogP contribution in [0.4, 0.5) is 4.39 Å². The van der Waals surface area contributed by atoms with Crippen LogP contribution in [0.3, 0.4) is 0 Å². The molecule has 2 rings (SSSR count). The van der Waals surface area contributed by atoms with Crippen LogP contribution in [0.5, 0.6) is 5.75 Å². The molecule has 0 radical (unpaired) electrons. The molecule has 3 N–H and O–H groups in total. The van der Waals surface area contributed by atoms with E-state index < -0.39 is 11.7 Å². The number of ether oxygens (including phenoxy) is 1. The molecular weight excluding hydrogens is 361 g/mol. The van der Waals surface area contributed by atoms with Crippen molar-refractivity contribution in [2.24, 2.45) is 0 Å². The average molecular weight is 379 g/mol. The lowest BCUT2D eigenvalue weighted by Crippen LogP contribution is -2.48. The normalized spacial score (nSPS) is 9.96. The van der Waals surface area contributed by atoms with Crippen molar-refractivity contribution >= 4 is 35.0 Å². The maximum atomic E-state index is 13.0. The highest BCUT2D eigenvalue weighted by Gasteiger charge is 2.04. The van der Waals surface area contributed by atoms with Gasteiger partial charge in [-0.1, -0.05) is 24.3 Å². The number of nitrogens with one attached hydrogen (secondary N) is 3. The summed E-state index contributed by atoms with van der Waals surface area (Å²) in [7, 11) is 0. The van der Waals surface area contributed by atoms with Gasteiger partial charge in [0, 0.05) is 23.3 Å². The quantitative estimate of drug-likeness (QED) is 0.297. The third-order valence-electron chi connectivity index (χ3n) is 2.88.